The van der Waals surface area contributed by atoms with Gasteiger partial charge in [0.05, 0.1) is 0 Å². The van der Waals surface area contributed by atoms with Gasteiger partial charge in [0.2, 0.25) is 11.7 Å². The summed E-state index contributed by atoms with van der Waals surface area (Å²) in [5.41, 5.74) is 8.76. The van der Waals surface area contributed by atoms with Crippen molar-refractivity contribution in [1.82, 2.24) is 10.1 Å². The number of rotatable bonds is 6. The van der Waals surface area contributed by atoms with Crippen LogP contribution >= 0.6 is 11.8 Å². The van der Waals surface area contributed by atoms with Crippen molar-refractivity contribution in [3.63, 3.8) is 0 Å². The Labute approximate surface area is 175 Å². The molecule has 1 aliphatic carbocycles. The molecule has 1 aliphatic rings. The van der Waals surface area contributed by atoms with Crippen molar-refractivity contribution in [2.45, 2.75) is 43.9 Å². The Kier molecular flexibility index (Phi) is 5.21. The van der Waals surface area contributed by atoms with Crippen LogP contribution in [0.5, 0.6) is 0 Å². The fourth-order valence-corrected chi connectivity index (χ4v) is 4.54. The molecule has 0 atom stereocenters. The molecule has 0 aliphatic heterocycles. The second-order valence-electron chi connectivity index (χ2n) is 8.58. The topological polar surface area (TPSA) is 82.0 Å². The lowest BCUT2D eigenvalue weighted by Crippen LogP contribution is -2.13. The van der Waals surface area contributed by atoms with Crippen LogP contribution in [0.25, 0.3) is 22.8 Å². The van der Waals surface area contributed by atoms with Gasteiger partial charge in [0.1, 0.15) is 0 Å². The summed E-state index contributed by atoms with van der Waals surface area (Å²) in [6.07, 6.45) is 2.73. The minimum atomic E-state index is -0.461. The average molecular weight is 408 g/mol. The van der Waals surface area contributed by atoms with Gasteiger partial charge in [0.15, 0.2) is 0 Å². The van der Waals surface area contributed by atoms with Crippen LogP contribution in [0.2, 0.25) is 0 Å². The van der Waals surface area contributed by atoms with Crippen LogP contribution in [0.4, 0.5) is 0 Å². The number of benzene rings is 2. The number of primary amides is 1. The predicted octanol–water partition coefficient (Wildman–Crippen LogP) is 5.30. The molecule has 1 amide bonds. The Morgan fingerprint density at radius 3 is 2.45 bits per heavy atom. The van der Waals surface area contributed by atoms with Gasteiger partial charge in [-0.2, -0.15) is 4.98 Å². The van der Waals surface area contributed by atoms with Gasteiger partial charge in [-0.25, -0.2) is 0 Å². The monoisotopic (exact) mass is 407 g/mol. The molecule has 29 heavy (non-hydrogen) atoms. The normalized spacial score (nSPS) is 14.2. The highest BCUT2D eigenvalue weighted by Crippen LogP contribution is 2.40. The van der Waals surface area contributed by atoms with E-state index in [1.54, 1.807) is 24.3 Å². The molecule has 1 saturated carbocycles. The van der Waals surface area contributed by atoms with Crippen molar-refractivity contribution in [3.05, 3.63) is 53.6 Å². The van der Waals surface area contributed by atoms with Crippen molar-refractivity contribution >= 4 is 17.7 Å². The molecule has 4 rings (SSSR count). The van der Waals surface area contributed by atoms with E-state index in [2.05, 4.69) is 49.1 Å². The molecule has 0 saturated heterocycles. The molecule has 1 fully saturated rings. The molecule has 0 spiro atoms. The van der Waals surface area contributed by atoms with E-state index in [1.807, 2.05) is 11.8 Å². The maximum atomic E-state index is 11.2. The Hall–Kier alpha value is -2.60. The number of thioether (sulfide) groups is 1. The van der Waals surface area contributed by atoms with Gasteiger partial charge in [0, 0.05) is 27.3 Å². The minimum absolute atomic E-state index is 0.0268. The van der Waals surface area contributed by atoms with Crippen LogP contribution in [0.3, 0.4) is 0 Å². The van der Waals surface area contributed by atoms with E-state index in [1.165, 1.54) is 29.1 Å². The van der Waals surface area contributed by atoms with Crippen LogP contribution in [-0.4, -0.2) is 21.8 Å². The van der Waals surface area contributed by atoms with Crippen molar-refractivity contribution in [1.29, 1.82) is 0 Å². The van der Waals surface area contributed by atoms with Crippen LogP contribution in [0.1, 0.15) is 49.5 Å². The number of carbonyl (C=O) groups is 1. The molecule has 2 N–H and O–H groups in total. The number of amides is 1. The summed E-state index contributed by atoms with van der Waals surface area (Å²) >= 11 is 1.95. The number of aromatic nitrogens is 2. The Morgan fingerprint density at radius 2 is 1.83 bits per heavy atom. The first-order valence-electron chi connectivity index (χ1n) is 9.83. The first-order chi connectivity index (χ1) is 13.8. The van der Waals surface area contributed by atoms with E-state index >= 15 is 0 Å². The maximum Gasteiger partial charge on any atom is 0.258 e. The van der Waals surface area contributed by atoms with Crippen LogP contribution < -0.4 is 5.73 Å². The van der Waals surface area contributed by atoms with Crippen molar-refractivity contribution in [3.8, 4) is 22.8 Å². The zero-order valence-electron chi connectivity index (χ0n) is 16.9. The Balaban J connectivity index is 1.61. The second kappa shape index (κ2) is 7.67. The van der Waals surface area contributed by atoms with Gasteiger partial charge >= 0.3 is 0 Å². The highest BCUT2D eigenvalue weighted by molar-refractivity contribution is 7.99. The first kappa shape index (κ1) is 19.7. The zero-order chi connectivity index (χ0) is 20.6. The summed E-state index contributed by atoms with van der Waals surface area (Å²) in [5, 5.41) is 4.17. The predicted molar refractivity (Wildman–Crippen MR) is 116 cm³/mol. The largest absolute Gasteiger partial charge is 0.366 e. The van der Waals surface area contributed by atoms with E-state index in [0.717, 1.165) is 17.0 Å². The summed E-state index contributed by atoms with van der Waals surface area (Å²) in [4.78, 5) is 17.1. The fourth-order valence-electron chi connectivity index (χ4n) is 3.11. The van der Waals surface area contributed by atoms with Crippen LogP contribution in [0, 0.1) is 5.92 Å². The third kappa shape index (κ3) is 4.53. The second-order valence-corrected chi connectivity index (χ2v) is 9.64. The lowest BCUT2D eigenvalue weighted by molar-refractivity contribution is 0.100. The molecule has 1 heterocycles. The molecule has 6 heteroatoms. The molecule has 150 valence electrons. The summed E-state index contributed by atoms with van der Waals surface area (Å²) < 4.78 is 5.47. The molecule has 1 aromatic heterocycles. The van der Waals surface area contributed by atoms with E-state index in [0.29, 0.717) is 17.3 Å². The molecule has 0 unspecified atom stereocenters. The van der Waals surface area contributed by atoms with Crippen LogP contribution in [0.15, 0.2) is 51.9 Å². The van der Waals surface area contributed by atoms with Gasteiger partial charge in [-0.3, -0.25) is 4.79 Å². The van der Waals surface area contributed by atoms with E-state index in [9.17, 15) is 4.79 Å². The number of nitrogens with two attached hydrogens (primary N) is 1. The van der Waals surface area contributed by atoms with Gasteiger partial charge in [0.25, 0.3) is 5.89 Å². The number of hydrogen-bond acceptors (Lipinski definition) is 5. The van der Waals surface area contributed by atoms with Gasteiger partial charge in [-0.1, -0.05) is 25.9 Å². The van der Waals surface area contributed by atoms with Gasteiger partial charge < -0.3 is 10.3 Å². The lowest BCUT2D eigenvalue weighted by atomic mass is 9.86. The lowest BCUT2D eigenvalue weighted by Gasteiger charge is -2.23. The molecule has 2 aromatic carbocycles. The number of nitrogens with zero attached hydrogens (tertiary/aromatic N) is 2. The molecular formula is C23H25N3O2S. The fraction of sp³-hybridized carbons (Fsp3) is 0.348. The van der Waals surface area contributed by atoms with Crippen molar-refractivity contribution in [2.75, 3.05) is 5.75 Å². The summed E-state index contributed by atoms with van der Waals surface area (Å²) in [7, 11) is 0. The van der Waals surface area contributed by atoms with E-state index in [4.69, 9.17) is 10.3 Å². The molecule has 0 radical (unpaired) electrons. The smallest absolute Gasteiger partial charge is 0.258 e. The van der Waals surface area contributed by atoms with Gasteiger partial charge in [-0.05, 0) is 72.2 Å². The highest BCUT2D eigenvalue weighted by atomic mass is 32.2. The standard InChI is InChI=1S/C23H25N3O2S/c1-23(2,3)18-12-17(10-11-19(18)29-13-14-4-5-14)21-25-22(28-26-21)16-8-6-15(7-9-16)20(24)27/h6-12,14H,4-5,13H2,1-3H3,(H2,24,27). The quantitative estimate of drug-likeness (QED) is 0.561. The minimum Gasteiger partial charge on any atom is -0.366 e. The van der Waals surface area contributed by atoms with Crippen molar-refractivity contribution < 1.29 is 9.32 Å². The van der Waals surface area contributed by atoms with E-state index < -0.39 is 5.91 Å². The number of carbonyl (C=O) groups excluding carboxylic acids is 1. The zero-order valence-corrected chi connectivity index (χ0v) is 17.8. The average Bonchev–Trinajstić information content (AvgIpc) is 3.39. The first-order valence-corrected chi connectivity index (χ1v) is 10.8. The van der Waals surface area contributed by atoms with E-state index in [-0.39, 0.29) is 5.41 Å². The van der Waals surface area contributed by atoms with Crippen LogP contribution in [-0.2, 0) is 5.41 Å². The molecule has 5 nitrogen and oxygen atoms in total. The van der Waals surface area contributed by atoms with Crippen molar-refractivity contribution in [2.24, 2.45) is 11.7 Å². The third-order valence-electron chi connectivity index (χ3n) is 5.06. The highest BCUT2D eigenvalue weighted by Gasteiger charge is 2.24. The third-order valence-corrected chi connectivity index (χ3v) is 6.36. The summed E-state index contributed by atoms with van der Waals surface area (Å²) in [6, 6.07) is 13.3. The molecule has 3 aromatic rings. The molecular weight excluding hydrogens is 382 g/mol. The Morgan fingerprint density at radius 1 is 1.14 bits per heavy atom. The summed E-state index contributed by atoms with van der Waals surface area (Å²) in [6.45, 7) is 6.69. The number of hydrogen-bond donors (Lipinski definition) is 1. The SMILES string of the molecule is CC(C)(C)c1cc(-c2noc(-c3ccc(C(N)=O)cc3)n2)ccc1SCC1CC1. The Bertz CT molecular complexity index is 1030. The van der Waals surface area contributed by atoms with Gasteiger partial charge in [-0.15, -0.1) is 11.8 Å². The molecule has 0 bridgehead atoms. The maximum absolute atomic E-state index is 11.2. The summed E-state index contributed by atoms with van der Waals surface area (Å²) in [5.74, 6) is 2.59.